The molecule has 5 rings (SSSR count). The van der Waals surface area contributed by atoms with Gasteiger partial charge in [-0.1, -0.05) is 34.8 Å². The Hall–Kier alpha value is -3.54. The van der Waals surface area contributed by atoms with Crippen LogP contribution in [0.2, 0.25) is 15.1 Å². The van der Waals surface area contributed by atoms with E-state index in [0.717, 1.165) is 4.68 Å². The SMILES string of the molecule is CC(C)(C)OC(=O)Nc1nn(-c2cc(Cl)c(Oc3ccc4c(c3Cl)C3(CC3)C(=O)N4)c(Cl)c2)c(=O)[nH]c1=O. The third kappa shape index (κ3) is 4.61. The average molecular weight is 581 g/mol. The molecule has 0 unspecified atom stereocenters. The molecule has 1 aromatic heterocycles. The number of benzene rings is 2. The van der Waals surface area contributed by atoms with Crippen molar-refractivity contribution in [3.05, 3.63) is 65.7 Å². The molecular weight excluding hydrogens is 561 g/mol. The molecule has 38 heavy (non-hydrogen) atoms. The molecule has 2 amide bonds. The molecule has 1 saturated carbocycles. The second kappa shape index (κ2) is 9.04. The van der Waals surface area contributed by atoms with E-state index < -0.39 is 34.2 Å². The third-order valence-corrected chi connectivity index (χ3v) is 6.84. The highest BCUT2D eigenvalue weighted by atomic mass is 35.5. The predicted octanol–water partition coefficient (Wildman–Crippen LogP) is 5.00. The van der Waals surface area contributed by atoms with Crippen LogP contribution < -0.4 is 26.6 Å². The van der Waals surface area contributed by atoms with Crippen molar-refractivity contribution in [3.8, 4) is 17.2 Å². The molecule has 11 nitrogen and oxygen atoms in total. The lowest BCUT2D eigenvalue weighted by Crippen LogP contribution is -2.36. The Bertz CT molecular complexity index is 1610. The second-order valence-electron chi connectivity index (χ2n) is 9.82. The Kier molecular flexibility index (Phi) is 6.20. The number of fused-ring (bicyclic) bond motifs is 2. The van der Waals surface area contributed by atoms with Crippen molar-refractivity contribution in [2.24, 2.45) is 0 Å². The smallest absolute Gasteiger partial charge is 0.413 e. The summed E-state index contributed by atoms with van der Waals surface area (Å²) in [6, 6.07) is 5.95. The molecule has 1 aliphatic carbocycles. The Balaban J connectivity index is 1.46. The molecule has 1 aliphatic heterocycles. The van der Waals surface area contributed by atoms with E-state index in [9.17, 15) is 19.2 Å². The van der Waals surface area contributed by atoms with Gasteiger partial charge in [-0.05, 0) is 57.9 Å². The molecule has 14 heteroatoms. The second-order valence-corrected chi connectivity index (χ2v) is 11.0. The van der Waals surface area contributed by atoms with Crippen LogP contribution in [-0.4, -0.2) is 32.4 Å². The standard InChI is InChI=1S/C24H20Cl3N5O6/c1-23(2,3)38-22(36)29-18-19(33)30-21(35)32(31-18)10-8-11(25)17(12(26)9-10)37-14-5-4-13-15(16(14)27)24(6-7-24)20(34)28-13/h4-5,8-9H,6-7H2,1-3H3,(H,28,34)(H,29,31,36)(H,30,33,35). The third-order valence-electron chi connectivity index (χ3n) is 5.90. The zero-order chi connectivity index (χ0) is 27.6. The summed E-state index contributed by atoms with van der Waals surface area (Å²) in [6.45, 7) is 4.94. The van der Waals surface area contributed by atoms with Crippen molar-refractivity contribution >= 4 is 58.3 Å². The normalized spacial score (nSPS) is 15.2. The number of nitrogens with zero attached hydrogens (tertiary/aromatic N) is 2. The summed E-state index contributed by atoms with van der Waals surface area (Å²) in [5.41, 5.74) is -1.90. The van der Waals surface area contributed by atoms with Crippen LogP contribution in [0.25, 0.3) is 5.69 Å². The highest BCUT2D eigenvalue weighted by Crippen LogP contribution is 2.59. The number of hydrogen-bond donors (Lipinski definition) is 3. The molecule has 0 atom stereocenters. The lowest BCUT2D eigenvalue weighted by molar-refractivity contribution is -0.117. The summed E-state index contributed by atoms with van der Waals surface area (Å²) in [4.78, 5) is 51.2. The van der Waals surface area contributed by atoms with Crippen molar-refractivity contribution in [3.63, 3.8) is 0 Å². The van der Waals surface area contributed by atoms with Crippen LogP contribution in [0.15, 0.2) is 33.9 Å². The summed E-state index contributed by atoms with van der Waals surface area (Å²) in [7, 11) is 0. The predicted molar refractivity (Wildman–Crippen MR) is 141 cm³/mol. The molecule has 2 aliphatic rings. The monoisotopic (exact) mass is 579 g/mol. The van der Waals surface area contributed by atoms with E-state index in [-0.39, 0.29) is 38.2 Å². The van der Waals surface area contributed by atoms with Crippen molar-refractivity contribution < 1.29 is 19.1 Å². The maximum Gasteiger partial charge on any atom is 0.413 e. The van der Waals surface area contributed by atoms with Gasteiger partial charge in [0.1, 0.15) is 11.4 Å². The molecule has 2 aromatic carbocycles. The quantitative estimate of drug-likeness (QED) is 0.394. The van der Waals surface area contributed by atoms with Gasteiger partial charge in [0, 0.05) is 11.3 Å². The highest BCUT2D eigenvalue weighted by Gasteiger charge is 2.57. The van der Waals surface area contributed by atoms with Crippen molar-refractivity contribution in [2.45, 2.75) is 44.6 Å². The fourth-order valence-corrected chi connectivity index (χ4v) is 5.04. The van der Waals surface area contributed by atoms with Crippen molar-refractivity contribution in [1.29, 1.82) is 0 Å². The Morgan fingerprint density at radius 2 is 1.76 bits per heavy atom. The number of nitrogens with one attached hydrogen (secondary N) is 3. The summed E-state index contributed by atoms with van der Waals surface area (Å²) in [6.07, 6.45) is 0.449. The van der Waals surface area contributed by atoms with Gasteiger partial charge in [0.2, 0.25) is 11.7 Å². The van der Waals surface area contributed by atoms with E-state index in [2.05, 4.69) is 20.7 Å². The van der Waals surface area contributed by atoms with E-state index in [1.54, 1.807) is 32.9 Å². The van der Waals surface area contributed by atoms with E-state index >= 15 is 0 Å². The Morgan fingerprint density at radius 3 is 2.37 bits per heavy atom. The Labute approximate surface area is 230 Å². The van der Waals surface area contributed by atoms with E-state index in [1.165, 1.54) is 12.1 Å². The number of ether oxygens (including phenoxy) is 2. The van der Waals surface area contributed by atoms with Crippen LogP contribution in [0, 0.1) is 0 Å². The first-order chi connectivity index (χ1) is 17.8. The van der Waals surface area contributed by atoms with Crippen LogP contribution >= 0.6 is 34.8 Å². The summed E-state index contributed by atoms with van der Waals surface area (Å²) >= 11 is 19.5. The van der Waals surface area contributed by atoms with Gasteiger partial charge in [0.05, 0.1) is 26.2 Å². The number of H-pyrrole nitrogens is 1. The van der Waals surface area contributed by atoms with Crippen LogP contribution in [0.1, 0.15) is 39.2 Å². The number of hydrogen-bond acceptors (Lipinski definition) is 7. The Morgan fingerprint density at radius 1 is 1.11 bits per heavy atom. The number of aromatic amines is 1. The molecule has 198 valence electrons. The molecule has 0 bridgehead atoms. The van der Waals surface area contributed by atoms with Gasteiger partial charge in [-0.25, -0.2) is 9.59 Å². The van der Waals surface area contributed by atoms with Gasteiger partial charge in [0.15, 0.2) is 5.75 Å². The number of halogens is 3. The molecule has 3 aromatic rings. The average Bonchev–Trinajstić information content (AvgIpc) is 3.54. The lowest BCUT2D eigenvalue weighted by atomic mass is 9.97. The topological polar surface area (TPSA) is 144 Å². The largest absolute Gasteiger partial charge is 0.453 e. The van der Waals surface area contributed by atoms with Crippen molar-refractivity contribution in [2.75, 3.05) is 10.6 Å². The molecule has 0 radical (unpaired) electrons. The van der Waals surface area contributed by atoms with Crippen LogP contribution in [0.4, 0.5) is 16.3 Å². The molecule has 3 N–H and O–H groups in total. The zero-order valence-electron chi connectivity index (χ0n) is 20.2. The molecule has 0 saturated heterocycles. The minimum absolute atomic E-state index is 0.000883. The summed E-state index contributed by atoms with van der Waals surface area (Å²) < 4.78 is 11.9. The molecule has 1 fully saturated rings. The first kappa shape index (κ1) is 26.1. The minimum Gasteiger partial charge on any atom is -0.453 e. The number of anilines is 2. The van der Waals surface area contributed by atoms with Crippen LogP contribution in [0.3, 0.4) is 0 Å². The summed E-state index contributed by atoms with van der Waals surface area (Å²) in [5, 5.41) is 9.24. The van der Waals surface area contributed by atoms with E-state index in [0.29, 0.717) is 24.1 Å². The molecule has 1 spiro atoms. The molecular formula is C24H20Cl3N5O6. The van der Waals surface area contributed by atoms with Crippen LogP contribution in [0.5, 0.6) is 11.5 Å². The maximum absolute atomic E-state index is 12.5. The highest BCUT2D eigenvalue weighted by molar-refractivity contribution is 6.38. The van der Waals surface area contributed by atoms with Gasteiger partial charge in [-0.3, -0.25) is 19.9 Å². The van der Waals surface area contributed by atoms with Crippen LogP contribution in [-0.2, 0) is 14.9 Å². The lowest BCUT2D eigenvalue weighted by Gasteiger charge is -2.19. The minimum atomic E-state index is -0.934. The number of carbonyl (C=O) groups is 2. The first-order valence-corrected chi connectivity index (χ1v) is 12.5. The van der Waals surface area contributed by atoms with E-state index in [4.69, 9.17) is 44.3 Å². The fraction of sp³-hybridized carbons (Fsp3) is 0.292. The van der Waals surface area contributed by atoms with Gasteiger partial charge < -0.3 is 14.8 Å². The fourth-order valence-electron chi connectivity index (χ4n) is 4.10. The maximum atomic E-state index is 12.5. The van der Waals surface area contributed by atoms with E-state index in [1.807, 2.05) is 0 Å². The molecule has 2 heterocycles. The van der Waals surface area contributed by atoms with Gasteiger partial charge in [-0.2, -0.15) is 4.68 Å². The first-order valence-electron chi connectivity index (χ1n) is 11.3. The summed E-state index contributed by atoms with van der Waals surface area (Å²) in [5.74, 6) is -0.279. The van der Waals surface area contributed by atoms with Gasteiger partial charge in [-0.15, -0.1) is 5.10 Å². The van der Waals surface area contributed by atoms with Gasteiger partial charge >= 0.3 is 11.8 Å². The zero-order valence-corrected chi connectivity index (χ0v) is 22.5. The number of amides is 2. The number of rotatable bonds is 4. The number of carbonyl (C=O) groups excluding carboxylic acids is 2. The van der Waals surface area contributed by atoms with Crippen molar-refractivity contribution in [1.82, 2.24) is 14.8 Å². The number of aromatic nitrogens is 3. The van der Waals surface area contributed by atoms with Gasteiger partial charge in [0.25, 0.3) is 5.56 Å².